The molecule has 2 aromatic rings. The van der Waals surface area contributed by atoms with Crippen molar-refractivity contribution in [2.75, 3.05) is 13.1 Å². The number of amides is 1. The van der Waals surface area contributed by atoms with Crippen molar-refractivity contribution >= 4 is 16.8 Å². The molecule has 0 radical (unpaired) electrons. The third kappa shape index (κ3) is 2.65. The average molecular weight is 289 g/mol. The largest absolute Gasteiger partial charge is 0.340 e. The first-order chi connectivity index (χ1) is 10.1. The number of carbonyl (C=O) groups is 1. The van der Waals surface area contributed by atoms with E-state index in [2.05, 4.69) is 0 Å². The van der Waals surface area contributed by atoms with Gasteiger partial charge in [-0.25, -0.2) is 4.39 Å². The van der Waals surface area contributed by atoms with E-state index in [-0.39, 0.29) is 17.8 Å². The van der Waals surface area contributed by atoms with Crippen LogP contribution in [0.5, 0.6) is 0 Å². The maximum atomic E-state index is 13.3. The van der Waals surface area contributed by atoms with E-state index in [1.165, 1.54) is 12.1 Å². The van der Waals surface area contributed by atoms with Crippen LogP contribution in [0.1, 0.15) is 29.8 Å². The highest BCUT2D eigenvalue weighted by Crippen LogP contribution is 2.22. The van der Waals surface area contributed by atoms with Crippen LogP contribution < -0.4 is 5.73 Å². The monoisotopic (exact) mass is 289 g/mol. The minimum Gasteiger partial charge on any atom is -0.340 e. The quantitative estimate of drug-likeness (QED) is 0.875. The maximum Gasteiger partial charge on any atom is 0.270 e. The Balaban J connectivity index is 1.92. The van der Waals surface area contributed by atoms with Gasteiger partial charge in [-0.3, -0.25) is 4.79 Å². The highest BCUT2D eigenvalue weighted by molar-refractivity contribution is 5.98. The summed E-state index contributed by atoms with van der Waals surface area (Å²) in [5, 5.41) is 0.757. The minimum atomic E-state index is -0.284. The molecular formula is C16H20FN3O. The number of aromatic nitrogens is 1. The van der Waals surface area contributed by atoms with E-state index in [4.69, 9.17) is 5.73 Å². The van der Waals surface area contributed by atoms with Crippen LogP contribution in [-0.4, -0.2) is 34.5 Å². The van der Waals surface area contributed by atoms with Crippen molar-refractivity contribution in [3.05, 3.63) is 35.8 Å². The van der Waals surface area contributed by atoms with Crippen LogP contribution in [-0.2, 0) is 7.05 Å². The van der Waals surface area contributed by atoms with Gasteiger partial charge >= 0.3 is 0 Å². The molecule has 2 heterocycles. The van der Waals surface area contributed by atoms with Crippen molar-refractivity contribution in [1.82, 2.24) is 9.47 Å². The molecule has 1 atom stereocenters. The zero-order valence-corrected chi connectivity index (χ0v) is 12.2. The molecule has 0 spiro atoms. The van der Waals surface area contributed by atoms with E-state index < -0.39 is 0 Å². The fraction of sp³-hybridized carbons (Fsp3) is 0.438. The number of hydrogen-bond acceptors (Lipinski definition) is 2. The zero-order valence-electron chi connectivity index (χ0n) is 12.2. The third-order valence-electron chi connectivity index (χ3n) is 4.28. The van der Waals surface area contributed by atoms with E-state index in [1.54, 1.807) is 12.1 Å². The van der Waals surface area contributed by atoms with E-state index in [0.717, 1.165) is 36.7 Å². The van der Waals surface area contributed by atoms with Crippen molar-refractivity contribution in [3.63, 3.8) is 0 Å². The second-order valence-electron chi connectivity index (χ2n) is 5.77. The number of aryl methyl sites for hydroxylation is 1. The molecule has 1 amide bonds. The molecule has 3 rings (SSSR count). The molecule has 1 saturated heterocycles. The number of halogens is 1. The highest BCUT2D eigenvalue weighted by Gasteiger charge is 2.22. The van der Waals surface area contributed by atoms with Crippen LogP contribution in [0.2, 0.25) is 0 Å². The van der Waals surface area contributed by atoms with Crippen LogP contribution >= 0.6 is 0 Å². The van der Waals surface area contributed by atoms with E-state index in [1.807, 2.05) is 16.5 Å². The summed E-state index contributed by atoms with van der Waals surface area (Å²) < 4.78 is 15.1. The molecule has 5 heteroatoms. The Labute approximate surface area is 123 Å². The molecule has 21 heavy (non-hydrogen) atoms. The van der Waals surface area contributed by atoms with Crippen molar-refractivity contribution in [1.29, 1.82) is 0 Å². The molecule has 0 saturated carbocycles. The molecule has 1 fully saturated rings. The number of benzene rings is 1. The Bertz CT molecular complexity index is 679. The number of rotatable bonds is 1. The van der Waals surface area contributed by atoms with E-state index in [0.29, 0.717) is 12.2 Å². The Morgan fingerprint density at radius 2 is 2.10 bits per heavy atom. The summed E-state index contributed by atoms with van der Waals surface area (Å²) in [7, 11) is 1.84. The summed E-state index contributed by atoms with van der Waals surface area (Å²) in [6.07, 6.45) is 2.74. The van der Waals surface area contributed by atoms with Crippen molar-refractivity contribution in [3.8, 4) is 0 Å². The lowest BCUT2D eigenvalue weighted by atomic mass is 10.1. The number of nitrogens with two attached hydrogens (primary N) is 1. The van der Waals surface area contributed by atoms with Crippen LogP contribution in [0.25, 0.3) is 10.9 Å². The Morgan fingerprint density at radius 1 is 1.29 bits per heavy atom. The van der Waals surface area contributed by atoms with Crippen LogP contribution in [0.15, 0.2) is 24.3 Å². The number of fused-ring (bicyclic) bond motifs is 1. The van der Waals surface area contributed by atoms with Crippen LogP contribution in [0, 0.1) is 5.82 Å². The maximum absolute atomic E-state index is 13.3. The van der Waals surface area contributed by atoms with E-state index in [9.17, 15) is 9.18 Å². The van der Waals surface area contributed by atoms with Gasteiger partial charge in [0.15, 0.2) is 0 Å². The van der Waals surface area contributed by atoms with Gasteiger partial charge in [-0.05, 0) is 43.5 Å². The lowest BCUT2D eigenvalue weighted by Crippen LogP contribution is -2.33. The zero-order chi connectivity index (χ0) is 15.0. The molecule has 112 valence electrons. The smallest absolute Gasteiger partial charge is 0.270 e. The van der Waals surface area contributed by atoms with Gasteiger partial charge in [0.1, 0.15) is 11.5 Å². The molecule has 1 aromatic heterocycles. The fourth-order valence-electron chi connectivity index (χ4n) is 3.01. The average Bonchev–Trinajstić information content (AvgIpc) is 2.63. The van der Waals surface area contributed by atoms with Gasteiger partial charge in [-0.15, -0.1) is 0 Å². The van der Waals surface area contributed by atoms with Crippen LogP contribution in [0.3, 0.4) is 0 Å². The first-order valence-electron chi connectivity index (χ1n) is 7.36. The summed E-state index contributed by atoms with van der Waals surface area (Å²) in [6, 6.07) is 6.54. The second-order valence-corrected chi connectivity index (χ2v) is 5.77. The Kier molecular flexibility index (Phi) is 3.68. The molecule has 1 aliphatic heterocycles. The van der Waals surface area contributed by atoms with Gasteiger partial charge < -0.3 is 15.2 Å². The lowest BCUT2D eigenvalue weighted by molar-refractivity contribution is 0.0752. The Morgan fingerprint density at radius 3 is 2.90 bits per heavy atom. The third-order valence-corrected chi connectivity index (χ3v) is 4.28. The summed E-state index contributed by atoms with van der Waals surface area (Å²) in [4.78, 5) is 14.6. The van der Waals surface area contributed by atoms with Gasteiger partial charge in [0.05, 0.1) is 0 Å². The van der Waals surface area contributed by atoms with Gasteiger partial charge in [-0.2, -0.15) is 0 Å². The first kappa shape index (κ1) is 14.1. The predicted octanol–water partition coefficient (Wildman–Crippen LogP) is 2.27. The summed E-state index contributed by atoms with van der Waals surface area (Å²) in [6.45, 7) is 1.43. The van der Waals surface area contributed by atoms with Crippen LogP contribution in [0.4, 0.5) is 4.39 Å². The number of hydrogen-bond donors (Lipinski definition) is 1. The molecule has 2 N–H and O–H groups in total. The second kappa shape index (κ2) is 5.48. The molecule has 4 nitrogen and oxygen atoms in total. The van der Waals surface area contributed by atoms with Gasteiger partial charge in [0.25, 0.3) is 5.91 Å². The first-order valence-corrected chi connectivity index (χ1v) is 7.36. The highest BCUT2D eigenvalue weighted by atomic mass is 19.1. The van der Waals surface area contributed by atoms with Gasteiger partial charge in [-0.1, -0.05) is 0 Å². The molecular weight excluding hydrogens is 269 g/mol. The minimum absolute atomic E-state index is 0.00297. The van der Waals surface area contributed by atoms with Crippen molar-refractivity contribution in [2.45, 2.75) is 25.3 Å². The summed E-state index contributed by atoms with van der Waals surface area (Å²) >= 11 is 0. The standard InChI is InChI=1S/C16H20FN3O/c1-19-14-5-4-12(17)9-11(14)10-15(19)16(21)20-7-2-3-13(18)6-8-20/h4-5,9-10,13H,2-3,6-8,18H2,1H3/t13-/m1/s1. The summed E-state index contributed by atoms with van der Waals surface area (Å²) in [5.41, 5.74) is 7.43. The normalized spacial score (nSPS) is 19.8. The molecule has 0 aliphatic carbocycles. The fourth-order valence-corrected chi connectivity index (χ4v) is 3.01. The molecule has 1 aromatic carbocycles. The lowest BCUT2D eigenvalue weighted by Gasteiger charge is -2.20. The van der Waals surface area contributed by atoms with Crippen molar-refractivity contribution in [2.24, 2.45) is 12.8 Å². The Hall–Kier alpha value is -1.88. The molecule has 0 bridgehead atoms. The predicted molar refractivity (Wildman–Crippen MR) is 80.6 cm³/mol. The van der Waals surface area contributed by atoms with Gasteiger partial charge in [0, 0.05) is 37.1 Å². The molecule has 1 aliphatic rings. The van der Waals surface area contributed by atoms with E-state index >= 15 is 0 Å². The number of carbonyl (C=O) groups excluding carboxylic acids is 1. The number of likely N-dealkylation sites (tertiary alicyclic amines) is 1. The molecule has 0 unspecified atom stereocenters. The number of nitrogens with zero attached hydrogens (tertiary/aromatic N) is 2. The topological polar surface area (TPSA) is 51.3 Å². The summed E-state index contributed by atoms with van der Waals surface area (Å²) in [5.74, 6) is -0.281. The van der Waals surface area contributed by atoms with Crippen molar-refractivity contribution < 1.29 is 9.18 Å². The SMILES string of the molecule is Cn1c(C(=O)N2CCC[C@@H](N)CC2)cc2cc(F)ccc21. The van der Waals surface area contributed by atoms with Gasteiger partial charge in [0.2, 0.25) is 0 Å².